The standard InChI is InChI=1S/C18H20BrN3O4S/c1-20(13-14-4-6-15(19)7-5-14)17-9-8-16(22(23)24)12-18(17)27(25,26)21-10-2-3-11-21/h4-9,12H,2-3,10-11,13H2,1H3. The first-order valence-electron chi connectivity index (χ1n) is 8.53. The van der Waals surface area contributed by atoms with Crippen LogP contribution in [0.1, 0.15) is 18.4 Å². The second-order valence-electron chi connectivity index (χ2n) is 6.50. The molecule has 2 aromatic rings. The van der Waals surface area contributed by atoms with E-state index in [4.69, 9.17) is 0 Å². The number of anilines is 1. The average Bonchev–Trinajstić information content (AvgIpc) is 3.18. The van der Waals surface area contributed by atoms with Crippen LogP contribution in [0.4, 0.5) is 11.4 Å². The molecule has 0 saturated carbocycles. The summed E-state index contributed by atoms with van der Waals surface area (Å²) in [6.45, 7) is 1.37. The Balaban J connectivity index is 2.00. The van der Waals surface area contributed by atoms with Crippen molar-refractivity contribution in [3.05, 3.63) is 62.6 Å². The summed E-state index contributed by atoms with van der Waals surface area (Å²) in [6.07, 6.45) is 1.61. The fraction of sp³-hybridized carbons (Fsp3) is 0.333. The normalized spacial score (nSPS) is 15.0. The number of hydrogen-bond acceptors (Lipinski definition) is 5. The molecule has 1 aliphatic heterocycles. The third kappa shape index (κ3) is 4.31. The zero-order valence-electron chi connectivity index (χ0n) is 14.8. The summed E-state index contributed by atoms with van der Waals surface area (Å²) >= 11 is 3.39. The Morgan fingerprint density at radius 2 is 1.78 bits per heavy atom. The molecule has 1 heterocycles. The molecule has 1 aliphatic rings. The molecule has 7 nitrogen and oxygen atoms in total. The number of nitrogens with zero attached hydrogens (tertiary/aromatic N) is 3. The van der Waals surface area contributed by atoms with Gasteiger partial charge in [-0.25, -0.2) is 8.42 Å². The maximum absolute atomic E-state index is 13.1. The topological polar surface area (TPSA) is 83.8 Å². The van der Waals surface area contributed by atoms with Gasteiger partial charge in [0.15, 0.2) is 0 Å². The molecule has 0 N–H and O–H groups in total. The minimum absolute atomic E-state index is 0.0155. The SMILES string of the molecule is CN(Cc1ccc(Br)cc1)c1ccc([N+](=O)[O-])cc1S(=O)(=O)N1CCCC1. The Labute approximate surface area is 166 Å². The highest BCUT2D eigenvalue weighted by molar-refractivity contribution is 9.10. The van der Waals surface area contributed by atoms with E-state index in [0.717, 1.165) is 22.9 Å². The molecule has 0 spiro atoms. The van der Waals surface area contributed by atoms with Crippen LogP contribution in [-0.2, 0) is 16.6 Å². The Morgan fingerprint density at radius 3 is 2.37 bits per heavy atom. The summed E-state index contributed by atoms with van der Waals surface area (Å²) in [7, 11) is -2.01. The van der Waals surface area contributed by atoms with Crippen molar-refractivity contribution < 1.29 is 13.3 Å². The summed E-state index contributed by atoms with van der Waals surface area (Å²) in [5.41, 5.74) is 1.23. The molecule has 144 valence electrons. The van der Waals surface area contributed by atoms with Crippen LogP contribution in [0.15, 0.2) is 51.8 Å². The van der Waals surface area contributed by atoms with Gasteiger partial charge in [0.2, 0.25) is 10.0 Å². The van der Waals surface area contributed by atoms with Crippen LogP contribution in [0.5, 0.6) is 0 Å². The number of rotatable bonds is 6. The van der Waals surface area contributed by atoms with Crippen LogP contribution >= 0.6 is 15.9 Å². The maximum Gasteiger partial charge on any atom is 0.270 e. The molecule has 0 radical (unpaired) electrons. The van der Waals surface area contributed by atoms with Crippen molar-refractivity contribution in [1.29, 1.82) is 0 Å². The van der Waals surface area contributed by atoms with Gasteiger partial charge in [0.25, 0.3) is 5.69 Å². The molecule has 0 aromatic heterocycles. The van der Waals surface area contributed by atoms with E-state index in [1.54, 1.807) is 11.9 Å². The largest absolute Gasteiger partial charge is 0.369 e. The molecule has 1 fully saturated rings. The first-order chi connectivity index (χ1) is 12.8. The second-order valence-corrected chi connectivity index (χ2v) is 9.32. The number of halogens is 1. The zero-order chi connectivity index (χ0) is 19.6. The van der Waals surface area contributed by atoms with Crippen molar-refractivity contribution in [3.8, 4) is 0 Å². The third-order valence-corrected chi connectivity index (χ3v) is 7.04. The van der Waals surface area contributed by atoms with Gasteiger partial charge >= 0.3 is 0 Å². The van der Waals surface area contributed by atoms with Crippen LogP contribution < -0.4 is 4.90 Å². The lowest BCUT2D eigenvalue weighted by atomic mass is 10.2. The van der Waals surface area contributed by atoms with E-state index in [0.29, 0.717) is 25.3 Å². The van der Waals surface area contributed by atoms with E-state index in [1.165, 1.54) is 22.5 Å². The van der Waals surface area contributed by atoms with Crippen molar-refractivity contribution in [3.63, 3.8) is 0 Å². The Kier molecular flexibility index (Phi) is 5.83. The lowest BCUT2D eigenvalue weighted by Gasteiger charge is -2.24. The maximum atomic E-state index is 13.1. The van der Waals surface area contributed by atoms with Gasteiger partial charge in [-0.05, 0) is 36.6 Å². The summed E-state index contributed by atoms with van der Waals surface area (Å²) in [4.78, 5) is 12.4. The van der Waals surface area contributed by atoms with E-state index < -0.39 is 14.9 Å². The lowest BCUT2D eigenvalue weighted by Crippen LogP contribution is -2.30. The van der Waals surface area contributed by atoms with Crippen molar-refractivity contribution in [2.45, 2.75) is 24.3 Å². The lowest BCUT2D eigenvalue weighted by molar-refractivity contribution is -0.385. The first-order valence-corrected chi connectivity index (χ1v) is 10.8. The molecule has 2 aromatic carbocycles. The van der Waals surface area contributed by atoms with Crippen molar-refractivity contribution in [2.24, 2.45) is 0 Å². The highest BCUT2D eigenvalue weighted by Crippen LogP contribution is 2.33. The second kappa shape index (κ2) is 7.95. The van der Waals surface area contributed by atoms with Gasteiger partial charge in [0, 0.05) is 43.3 Å². The summed E-state index contributed by atoms with van der Waals surface area (Å²) < 4.78 is 28.6. The van der Waals surface area contributed by atoms with Crippen LogP contribution in [0.25, 0.3) is 0 Å². The predicted molar refractivity (Wildman–Crippen MR) is 107 cm³/mol. The minimum atomic E-state index is -3.79. The van der Waals surface area contributed by atoms with Gasteiger partial charge in [-0.2, -0.15) is 4.31 Å². The molecular formula is C18H20BrN3O4S. The molecule has 0 bridgehead atoms. The van der Waals surface area contributed by atoms with Gasteiger partial charge in [0.1, 0.15) is 4.90 Å². The number of non-ortho nitro benzene ring substituents is 1. The number of nitro benzene ring substituents is 1. The molecule has 1 saturated heterocycles. The fourth-order valence-electron chi connectivity index (χ4n) is 3.15. The quantitative estimate of drug-likeness (QED) is 0.490. The predicted octanol–water partition coefficient (Wildman–Crippen LogP) is 3.78. The number of sulfonamides is 1. The van der Waals surface area contributed by atoms with E-state index in [-0.39, 0.29) is 10.6 Å². The highest BCUT2D eigenvalue weighted by Gasteiger charge is 2.31. The third-order valence-electron chi connectivity index (χ3n) is 4.58. The van der Waals surface area contributed by atoms with Crippen molar-refractivity contribution in [2.75, 3.05) is 25.0 Å². The molecule has 27 heavy (non-hydrogen) atoms. The first kappa shape index (κ1) is 19.8. The summed E-state index contributed by atoms with van der Waals surface area (Å²) in [5.74, 6) is 0. The fourth-order valence-corrected chi connectivity index (χ4v) is 5.19. The molecule has 0 amide bonds. The van der Waals surface area contributed by atoms with Gasteiger partial charge < -0.3 is 4.90 Å². The zero-order valence-corrected chi connectivity index (χ0v) is 17.2. The Morgan fingerprint density at radius 1 is 1.15 bits per heavy atom. The number of benzene rings is 2. The number of nitro groups is 1. The van der Waals surface area contributed by atoms with Gasteiger partial charge in [0.05, 0.1) is 10.6 Å². The Bertz CT molecular complexity index is 942. The highest BCUT2D eigenvalue weighted by atomic mass is 79.9. The minimum Gasteiger partial charge on any atom is -0.369 e. The van der Waals surface area contributed by atoms with Crippen LogP contribution in [0.3, 0.4) is 0 Å². The summed E-state index contributed by atoms with van der Waals surface area (Å²) in [5, 5.41) is 11.2. The van der Waals surface area contributed by atoms with Crippen LogP contribution in [-0.4, -0.2) is 37.8 Å². The molecule has 9 heteroatoms. The van der Waals surface area contributed by atoms with Gasteiger partial charge in [-0.3, -0.25) is 10.1 Å². The van der Waals surface area contributed by atoms with Crippen molar-refractivity contribution >= 4 is 37.3 Å². The van der Waals surface area contributed by atoms with Crippen LogP contribution in [0, 0.1) is 10.1 Å². The molecule has 3 rings (SSSR count). The van der Waals surface area contributed by atoms with Crippen molar-refractivity contribution in [1.82, 2.24) is 4.31 Å². The molecular weight excluding hydrogens is 434 g/mol. The van der Waals surface area contributed by atoms with E-state index in [2.05, 4.69) is 15.9 Å². The smallest absolute Gasteiger partial charge is 0.270 e. The van der Waals surface area contributed by atoms with E-state index in [9.17, 15) is 18.5 Å². The molecule has 0 atom stereocenters. The number of hydrogen-bond donors (Lipinski definition) is 0. The molecule has 0 aliphatic carbocycles. The summed E-state index contributed by atoms with van der Waals surface area (Å²) in [6, 6.07) is 11.8. The average molecular weight is 454 g/mol. The van der Waals surface area contributed by atoms with E-state index in [1.807, 2.05) is 24.3 Å². The van der Waals surface area contributed by atoms with Crippen LogP contribution in [0.2, 0.25) is 0 Å². The Hall–Kier alpha value is -1.97. The monoisotopic (exact) mass is 453 g/mol. The molecule has 0 unspecified atom stereocenters. The van der Waals surface area contributed by atoms with Gasteiger partial charge in [-0.1, -0.05) is 28.1 Å². The van der Waals surface area contributed by atoms with E-state index >= 15 is 0 Å². The van der Waals surface area contributed by atoms with Gasteiger partial charge in [-0.15, -0.1) is 0 Å².